The maximum Gasteiger partial charge on any atom is 0.0645 e. The van der Waals surface area contributed by atoms with Crippen LogP contribution in [0.1, 0.15) is 39.5 Å². The van der Waals surface area contributed by atoms with Crippen LogP contribution in [0.4, 0.5) is 0 Å². The summed E-state index contributed by atoms with van der Waals surface area (Å²) in [4.78, 5) is 2.55. The number of halogens is 1. The summed E-state index contributed by atoms with van der Waals surface area (Å²) in [6.07, 6.45) is 5.03. The zero-order valence-corrected chi connectivity index (χ0v) is 10.9. The Kier molecular flexibility index (Phi) is 5.95. The van der Waals surface area contributed by atoms with Gasteiger partial charge in [0, 0.05) is 18.0 Å². The molecule has 1 fully saturated rings. The molecule has 0 bridgehead atoms. The summed E-state index contributed by atoms with van der Waals surface area (Å²) in [7, 11) is 0. The normalized spacial score (nSPS) is 21.8. The van der Waals surface area contributed by atoms with E-state index in [0.29, 0.717) is 0 Å². The quantitative estimate of drug-likeness (QED) is 0.517. The molecule has 0 aromatic carbocycles. The third-order valence-electron chi connectivity index (χ3n) is 3.13. The first-order valence-corrected chi connectivity index (χ1v) is 6.59. The van der Waals surface area contributed by atoms with Crippen molar-refractivity contribution >= 4 is 11.6 Å². The number of morpholine rings is 1. The number of unbranched alkanes of at least 4 members (excludes halogenated alkanes) is 3. The van der Waals surface area contributed by atoms with E-state index < -0.39 is 0 Å². The number of nitrogens with zero attached hydrogens (tertiary/aromatic N) is 1. The van der Waals surface area contributed by atoms with E-state index in [1.807, 2.05) is 0 Å². The summed E-state index contributed by atoms with van der Waals surface area (Å²) in [6, 6.07) is 0. The number of rotatable bonds is 6. The second-order valence-electron chi connectivity index (χ2n) is 4.96. The van der Waals surface area contributed by atoms with Crippen molar-refractivity contribution in [3.63, 3.8) is 0 Å². The van der Waals surface area contributed by atoms with Crippen LogP contribution in [0.15, 0.2) is 0 Å². The van der Waals surface area contributed by atoms with Gasteiger partial charge >= 0.3 is 0 Å². The lowest BCUT2D eigenvalue weighted by atomic mass is 10.0. The molecular formula is C12H24ClNO. The largest absolute Gasteiger partial charge is 0.378 e. The predicted molar refractivity (Wildman–Crippen MR) is 65.7 cm³/mol. The minimum absolute atomic E-state index is 0.227. The van der Waals surface area contributed by atoms with Crippen LogP contribution < -0.4 is 0 Å². The smallest absolute Gasteiger partial charge is 0.0645 e. The highest BCUT2D eigenvalue weighted by Crippen LogP contribution is 2.19. The number of alkyl halides is 1. The zero-order chi connectivity index (χ0) is 11.1. The van der Waals surface area contributed by atoms with Crippen LogP contribution in [0, 0.1) is 0 Å². The summed E-state index contributed by atoms with van der Waals surface area (Å²) in [6.45, 7) is 8.59. The molecule has 0 amide bonds. The molecule has 0 atom stereocenters. The van der Waals surface area contributed by atoms with Gasteiger partial charge in [-0.05, 0) is 33.2 Å². The van der Waals surface area contributed by atoms with Gasteiger partial charge in [0.1, 0.15) is 0 Å². The molecular weight excluding hydrogens is 210 g/mol. The molecule has 15 heavy (non-hydrogen) atoms. The van der Waals surface area contributed by atoms with Crippen LogP contribution in [0.5, 0.6) is 0 Å². The summed E-state index contributed by atoms with van der Waals surface area (Å²) in [5.41, 5.74) is 0.227. The predicted octanol–water partition coefficient (Wildman–Crippen LogP) is 2.90. The van der Waals surface area contributed by atoms with Crippen molar-refractivity contribution in [3.05, 3.63) is 0 Å². The Morgan fingerprint density at radius 3 is 2.60 bits per heavy atom. The highest BCUT2D eigenvalue weighted by molar-refractivity contribution is 6.17. The van der Waals surface area contributed by atoms with Gasteiger partial charge in [-0.15, -0.1) is 11.6 Å². The van der Waals surface area contributed by atoms with E-state index in [1.165, 1.54) is 25.8 Å². The SMILES string of the molecule is CC1(C)COCCN1CCCCCCCl. The first-order chi connectivity index (χ1) is 7.17. The Labute approximate surface area is 98.9 Å². The Bertz CT molecular complexity index is 173. The molecule has 1 heterocycles. The number of hydrogen-bond donors (Lipinski definition) is 0. The zero-order valence-electron chi connectivity index (χ0n) is 10.1. The summed E-state index contributed by atoms with van der Waals surface area (Å²) < 4.78 is 5.50. The minimum atomic E-state index is 0.227. The maximum atomic E-state index is 5.65. The molecule has 0 aromatic rings. The fourth-order valence-corrected chi connectivity index (χ4v) is 2.24. The summed E-state index contributed by atoms with van der Waals surface area (Å²) in [5, 5.41) is 0. The van der Waals surface area contributed by atoms with E-state index in [9.17, 15) is 0 Å². The van der Waals surface area contributed by atoms with Crippen molar-refractivity contribution in [1.82, 2.24) is 4.90 Å². The summed E-state index contributed by atoms with van der Waals surface area (Å²) in [5.74, 6) is 0.809. The topological polar surface area (TPSA) is 12.5 Å². The average molecular weight is 234 g/mol. The Morgan fingerprint density at radius 2 is 1.93 bits per heavy atom. The molecule has 0 spiro atoms. The van der Waals surface area contributed by atoms with Gasteiger partial charge in [0.25, 0.3) is 0 Å². The first kappa shape index (κ1) is 13.3. The molecule has 90 valence electrons. The number of ether oxygens (including phenoxy) is 1. The second kappa shape index (κ2) is 6.72. The van der Waals surface area contributed by atoms with Crippen molar-refractivity contribution in [2.24, 2.45) is 0 Å². The average Bonchev–Trinajstić information content (AvgIpc) is 2.19. The lowest BCUT2D eigenvalue weighted by Crippen LogP contribution is -2.53. The highest BCUT2D eigenvalue weighted by Gasteiger charge is 2.29. The van der Waals surface area contributed by atoms with Crippen LogP contribution >= 0.6 is 11.6 Å². The van der Waals surface area contributed by atoms with Crippen molar-refractivity contribution in [2.75, 3.05) is 32.2 Å². The molecule has 2 nitrogen and oxygen atoms in total. The minimum Gasteiger partial charge on any atom is -0.378 e. The van der Waals surface area contributed by atoms with Crippen molar-refractivity contribution < 1.29 is 4.74 Å². The van der Waals surface area contributed by atoms with Crippen molar-refractivity contribution in [2.45, 2.75) is 45.1 Å². The lowest BCUT2D eigenvalue weighted by molar-refractivity contribution is -0.0513. The Hall–Kier alpha value is 0.210. The molecule has 0 unspecified atom stereocenters. The van der Waals surface area contributed by atoms with E-state index in [-0.39, 0.29) is 5.54 Å². The Morgan fingerprint density at radius 1 is 1.20 bits per heavy atom. The molecule has 0 aliphatic carbocycles. The van der Waals surface area contributed by atoms with Crippen LogP contribution in [-0.4, -0.2) is 42.6 Å². The van der Waals surface area contributed by atoms with Crippen LogP contribution in [0.2, 0.25) is 0 Å². The van der Waals surface area contributed by atoms with Crippen LogP contribution in [0.3, 0.4) is 0 Å². The number of hydrogen-bond acceptors (Lipinski definition) is 2. The highest BCUT2D eigenvalue weighted by atomic mass is 35.5. The van der Waals surface area contributed by atoms with E-state index in [2.05, 4.69) is 18.7 Å². The fourth-order valence-electron chi connectivity index (χ4n) is 2.06. The van der Waals surface area contributed by atoms with Gasteiger partial charge in [-0.2, -0.15) is 0 Å². The van der Waals surface area contributed by atoms with Crippen LogP contribution in [0.25, 0.3) is 0 Å². The van der Waals surface area contributed by atoms with Gasteiger partial charge in [0.05, 0.1) is 13.2 Å². The van der Waals surface area contributed by atoms with Gasteiger partial charge in [-0.25, -0.2) is 0 Å². The molecule has 1 aliphatic rings. The van der Waals surface area contributed by atoms with Gasteiger partial charge in [0.2, 0.25) is 0 Å². The molecule has 0 aromatic heterocycles. The van der Waals surface area contributed by atoms with Gasteiger partial charge in [-0.1, -0.05) is 12.8 Å². The monoisotopic (exact) mass is 233 g/mol. The molecule has 0 radical (unpaired) electrons. The molecule has 3 heteroatoms. The molecule has 1 rings (SSSR count). The van der Waals surface area contributed by atoms with Crippen molar-refractivity contribution in [3.8, 4) is 0 Å². The molecule has 0 N–H and O–H groups in total. The third kappa shape index (κ3) is 4.71. The van der Waals surface area contributed by atoms with E-state index in [4.69, 9.17) is 16.3 Å². The van der Waals surface area contributed by atoms with Gasteiger partial charge in [0.15, 0.2) is 0 Å². The van der Waals surface area contributed by atoms with E-state index >= 15 is 0 Å². The van der Waals surface area contributed by atoms with E-state index in [1.54, 1.807) is 0 Å². The fraction of sp³-hybridized carbons (Fsp3) is 1.00. The molecule has 0 saturated carbocycles. The molecule has 1 saturated heterocycles. The lowest BCUT2D eigenvalue weighted by Gasteiger charge is -2.42. The standard InChI is InChI=1S/C12H24ClNO/c1-12(2)11-15-10-9-14(12)8-6-4-3-5-7-13/h3-11H2,1-2H3. The molecule has 1 aliphatic heterocycles. The van der Waals surface area contributed by atoms with Crippen LogP contribution in [-0.2, 0) is 4.74 Å². The first-order valence-electron chi connectivity index (χ1n) is 6.05. The van der Waals surface area contributed by atoms with Gasteiger partial charge in [-0.3, -0.25) is 4.90 Å². The summed E-state index contributed by atoms with van der Waals surface area (Å²) >= 11 is 5.65. The maximum absolute atomic E-state index is 5.65. The van der Waals surface area contributed by atoms with Gasteiger partial charge < -0.3 is 4.74 Å². The Balaban J connectivity index is 2.13. The third-order valence-corrected chi connectivity index (χ3v) is 3.40. The van der Waals surface area contributed by atoms with E-state index in [0.717, 1.165) is 32.1 Å². The van der Waals surface area contributed by atoms with Crippen molar-refractivity contribution in [1.29, 1.82) is 0 Å². The second-order valence-corrected chi connectivity index (χ2v) is 5.33.